The molecule has 0 radical (unpaired) electrons. The van der Waals surface area contributed by atoms with Crippen molar-refractivity contribution in [2.45, 2.75) is 173 Å². The first-order valence-corrected chi connectivity index (χ1v) is 21.0. The molecule has 0 rings (SSSR count). The zero-order valence-corrected chi connectivity index (χ0v) is 31.3. The van der Waals surface area contributed by atoms with Crippen LogP contribution in [0.15, 0.2) is 0 Å². The molecule has 1 amide bonds. The summed E-state index contributed by atoms with van der Waals surface area (Å²) in [5, 5.41) is 2.39. The Morgan fingerprint density at radius 2 is 1.21 bits per heavy atom. The summed E-state index contributed by atoms with van der Waals surface area (Å²) in [5.74, 6) is -0.947. The van der Waals surface area contributed by atoms with Crippen LogP contribution in [-0.2, 0) is 28.4 Å². The molecule has 48 heavy (non-hydrogen) atoms. The van der Waals surface area contributed by atoms with Crippen molar-refractivity contribution < 1.29 is 47.0 Å². The molecule has 0 spiro atoms. The fourth-order valence-corrected chi connectivity index (χ4v) is 6.39. The van der Waals surface area contributed by atoms with Crippen LogP contribution in [0.1, 0.15) is 155 Å². The van der Waals surface area contributed by atoms with E-state index in [2.05, 4.69) is 19.2 Å². The number of unbranched alkanes of at least 4 members (excludes halogenated alkanes) is 16. The number of nitrogens with two attached hydrogens (primary N) is 1. The predicted octanol–water partition coefficient (Wildman–Crippen LogP) is 8.01. The maximum Gasteiger partial charge on any atom is 0.394 e. The molecule has 5 N–H and O–H groups in total. The minimum absolute atomic E-state index is 0.0953. The minimum Gasteiger partial charge on any atom is -0.462 e. The molecule has 10 nitrogen and oxygen atoms in total. The van der Waals surface area contributed by atoms with Crippen molar-refractivity contribution in [1.29, 1.82) is 0 Å². The average molecular weight is 731 g/mol. The third kappa shape index (κ3) is 26.6. The van der Waals surface area contributed by atoms with Gasteiger partial charge in [-0.05, 0) is 19.3 Å². The molecule has 0 saturated carbocycles. The van der Waals surface area contributed by atoms with Crippen molar-refractivity contribution in [3.8, 4) is 0 Å². The summed E-state index contributed by atoms with van der Waals surface area (Å²) in [6.07, 6.45) is 18.8. The maximum absolute atomic E-state index is 13.4. The molecule has 284 valence electrons. The lowest BCUT2D eigenvalue weighted by Crippen LogP contribution is -2.43. The van der Waals surface area contributed by atoms with Crippen LogP contribution in [0.5, 0.6) is 0 Å². The first-order valence-electron chi connectivity index (χ1n) is 18.2. The number of rotatable bonds is 33. The number of nitrogens with one attached hydrogen (secondary N) is 1. The monoisotopic (exact) mass is 730 g/mol. The fourth-order valence-electron chi connectivity index (χ4n) is 4.97. The summed E-state index contributed by atoms with van der Waals surface area (Å²) in [7, 11) is -5.57. The number of ether oxygens (including phenoxy) is 2. The third-order valence-corrected chi connectivity index (χ3v) is 10.3. The summed E-state index contributed by atoms with van der Waals surface area (Å²) in [5.41, 5.74) is 1.77. The number of carbonyl (C=O) groups excluding carboxylic acids is 3. The second-order valence-electron chi connectivity index (χ2n) is 12.7. The molecule has 2 atom stereocenters. The van der Waals surface area contributed by atoms with Crippen molar-refractivity contribution in [2.24, 2.45) is 5.73 Å². The van der Waals surface area contributed by atoms with E-state index in [9.17, 15) is 27.7 Å². The zero-order chi connectivity index (χ0) is 36.1. The molecular weight excluding hydrogens is 665 g/mol. The number of thioether (sulfide) groups is 1. The number of carbonyl (C=O) groups is 3. The molecule has 0 fully saturated rings. The lowest BCUT2D eigenvalue weighted by Gasteiger charge is -2.19. The van der Waals surface area contributed by atoms with Crippen LogP contribution in [0, 0.1) is 0 Å². The molecule has 0 aromatic heterocycles. The van der Waals surface area contributed by atoms with Gasteiger partial charge in [-0.1, -0.05) is 117 Å². The van der Waals surface area contributed by atoms with Crippen LogP contribution in [0.25, 0.3) is 0 Å². The minimum atomic E-state index is -5.57. The largest absolute Gasteiger partial charge is 0.462 e. The van der Waals surface area contributed by atoms with E-state index in [0.29, 0.717) is 6.42 Å². The van der Waals surface area contributed by atoms with E-state index in [1.807, 2.05) is 0 Å². The Morgan fingerprint density at radius 1 is 0.750 bits per heavy atom. The van der Waals surface area contributed by atoms with Crippen molar-refractivity contribution in [3.63, 3.8) is 0 Å². The topological polar surface area (TPSA) is 165 Å². The molecule has 0 heterocycles. The van der Waals surface area contributed by atoms with Gasteiger partial charge in [0, 0.05) is 37.3 Å². The number of hydrogen-bond acceptors (Lipinski definition) is 8. The van der Waals surface area contributed by atoms with Gasteiger partial charge in [0.1, 0.15) is 12.7 Å². The average Bonchev–Trinajstić information content (AvgIpc) is 3.03. The van der Waals surface area contributed by atoms with E-state index in [1.54, 1.807) is 0 Å². The molecule has 0 aliphatic carbocycles. The summed E-state index contributed by atoms with van der Waals surface area (Å²) in [4.78, 5) is 54.6. The lowest BCUT2D eigenvalue weighted by molar-refractivity contribution is -0.157. The first kappa shape index (κ1) is 46.7. The number of esters is 2. The van der Waals surface area contributed by atoms with Gasteiger partial charge in [-0.3, -0.25) is 18.9 Å². The summed E-state index contributed by atoms with van der Waals surface area (Å²) in [6, 6.07) is -0.996. The van der Waals surface area contributed by atoms with Gasteiger partial charge in [-0.15, -0.1) is 0 Å². The molecule has 0 saturated heterocycles. The highest BCUT2D eigenvalue weighted by Crippen LogP contribution is 2.55. The molecule has 0 aliphatic rings. The smallest absolute Gasteiger partial charge is 0.394 e. The van der Waals surface area contributed by atoms with E-state index < -0.39 is 37.7 Å². The zero-order valence-electron chi connectivity index (χ0n) is 29.6. The van der Waals surface area contributed by atoms with E-state index in [-0.39, 0.29) is 49.4 Å². The Hall–Kier alpha value is -1.27. The number of alkyl halides is 2. The van der Waals surface area contributed by atoms with Crippen molar-refractivity contribution in [2.75, 3.05) is 24.7 Å². The normalized spacial score (nSPS) is 13.2. The first-order chi connectivity index (χ1) is 22.8. The van der Waals surface area contributed by atoms with Gasteiger partial charge in [-0.25, -0.2) is 0 Å². The lowest BCUT2D eigenvalue weighted by atomic mass is 10.1. The van der Waals surface area contributed by atoms with Crippen LogP contribution in [0.4, 0.5) is 8.78 Å². The van der Waals surface area contributed by atoms with Gasteiger partial charge >= 0.3 is 25.2 Å². The van der Waals surface area contributed by atoms with E-state index >= 15 is 0 Å². The van der Waals surface area contributed by atoms with Crippen LogP contribution >= 0.6 is 19.4 Å². The fraction of sp³-hybridized carbons (Fsp3) is 0.912. The van der Waals surface area contributed by atoms with E-state index in [0.717, 1.165) is 44.9 Å². The van der Waals surface area contributed by atoms with Crippen molar-refractivity contribution in [1.82, 2.24) is 5.32 Å². The SMILES string of the molecule is CCCCCCCCCCCC(=O)OC[C@H](CSC[C@H](N)C(=O)NCCCC(F)(F)P(=O)(O)O)OC(=O)CCCCCCCCCCC. The highest BCUT2D eigenvalue weighted by molar-refractivity contribution is 7.99. The van der Waals surface area contributed by atoms with Crippen molar-refractivity contribution >= 4 is 37.2 Å². The van der Waals surface area contributed by atoms with Gasteiger partial charge in [0.15, 0.2) is 0 Å². The Kier molecular flexibility index (Phi) is 28.7. The highest BCUT2D eigenvalue weighted by Gasteiger charge is 2.47. The maximum atomic E-state index is 13.4. The van der Waals surface area contributed by atoms with E-state index in [1.165, 1.54) is 82.4 Å². The molecule has 0 aromatic rings. The number of amides is 1. The number of halogens is 2. The van der Waals surface area contributed by atoms with E-state index in [4.69, 9.17) is 25.0 Å². The molecule has 0 unspecified atom stereocenters. The molecule has 0 aromatic carbocycles. The van der Waals surface area contributed by atoms with Gasteiger partial charge in [0.05, 0.1) is 6.04 Å². The molecule has 0 bridgehead atoms. The highest BCUT2D eigenvalue weighted by atomic mass is 32.2. The third-order valence-electron chi connectivity index (χ3n) is 8.01. The second-order valence-corrected chi connectivity index (χ2v) is 15.5. The Labute approximate surface area is 292 Å². The molecule has 14 heteroatoms. The quantitative estimate of drug-likeness (QED) is 0.0295. The molecular formula is C34H65F2N2O8PS. The van der Waals surface area contributed by atoms with Crippen LogP contribution in [0.3, 0.4) is 0 Å². The van der Waals surface area contributed by atoms with Gasteiger partial charge < -0.3 is 30.3 Å². The Bertz CT molecular complexity index is 897. The standard InChI is InChI=1S/C34H65F2N2O8PS/c1-3-5-7-9-11-13-15-17-19-22-31(39)45-26-29(46-32(40)23-20-18-16-14-12-10-8-6-4-2)27-48-28-30(37)33(41)38-25-21-24-34(35,36)47(42,43)44/h29-30H,3-28,37H2,1-2H3,(H,38,41)(H2,42,43,44)/t29-,30+/m1/s1. The predicted molar refractivity (Wildman–Crippen MR) is 189 cm³/mol. The summed E-state index contributed by atoms with van der Waals surface area (Å²) >= 11 is 1.24. The summed E-state index contributed by atoms with van der Waals surface area (Å²) in [6.45, 7) is 4.08. The van der Waals surface area contributed by atoms with Gasteiger partial charge in [-0.2, -0.15) is 20.5 Å². The van der Waals surface area contributed by atoms with Crippen molar-refractivity contribution in [3.05, 3.63) is 0 Å². The summed E-state index contributed by atoms with van der Waals surface area (Å²) < 4.78 is 48.7. The van der Waals surface area contributed by atoms with Crippen LogP contribution < -0.4 is 11.1 Å². The van der Waals surface area contributed by atoms with Gasteiger partial charge in [0.2, 0.25) is 5.91 Å². The van der Waals surface area contributed by atoms with Gasteiger partial charge in [0.25, 0.3) is 0 Å². The second kappa shape index (κ2) is 29.5. The van der Waals surface area contributed by atoms with Crippen LogP contribution in [0.2, 0.25) is 0 Å². The number of hydrogen-bond donors (Lipinski definition) is 4. The van der Waals surface area contributed by atoms with Crippen LogP contribution in [-0.4, -0.2) is 70.1 Å². The molecule has 0 aliphatic heterocycles. The Balaban J connectivity index is 4.60. The Morgan fingerprint density at radius 3 is 1.69 bits per heavy atom.